The van der Waals surface area contributed by atoms with E-state index in [4.69, 9.17) is 4.74 Å². The van der Waals surface area contributed by atoms with Gasteiger partial charge in [-0.15, -0.1) is 0 Å². The quantitative estimate of drug-likeness (QED) is 0.443. The van der Waals surface area contributed by atoms with Crippen molar-refractivity contribution in [2.24, 2.45) is 0 Å². The first-order chi connectivity index (χ1) is 14.7. The van der Waals surface area contributed by atoms with Gasteiger partial charge in [-0.25, -0.2) is 0 Å². The fourth-order valence-electron chi connectivity index (χ4n) is 3.78. The van der Waals surface area contributed by atoms with E-state index in [9.17, 15) is 9.59 Å². The Bertz CT molecular complexity index is 1170. The molecule has 1 heterocycles. The predicted octanol–water partition coefficient (Wildman–Crippen LogP) is 3.83. The lowest BCUT2D eigenvalue weighted by Gasteiger charge is -2.24. The summed E-state index contributed by atoms with van der Waals surface area (Å²) in [5.74, 6) is -0.0186. The minimum atomic E-state index is -0.0186. The van der Waals surface area contributed by atoms with Crippen LogP contribution in [-0.4, -0.2) is 35.6 Å². The highest BCUT2D eigenvalue weighted by atomic mass is 16.5. The topological polar surface area (TPSA) is 51.5 Å². The van der Waals surface area contributed by atoms with E-state index in [0.29, 0.717) is 30.5 Å². The van der Waals surface area contributed by atoms with Crippen molar-refractivity contribution in [2.45, 2.75) is 13.1 Å². The van der Waals surface area contributed by atoms with Crippen LogP contribution in [0, 0.1) is 0 Å². The molecule has 0 bridgehead atoms. The SMILES string of the molecule is COCCN(Cc1ccccc1)C(=O)Cn1c2ccccc2c(=O)c2ccccc21. The molecule has 0 saturated carbocycles. The monoisotopic (exact) mass is 400 g/mol. The van der Waals surface area contributed by atoms with Crippen LogP contribution in [-0.2, 0) is 22.6 Å². The molecule has 0 atom stereocenters. The van der Waals surface area contributed by atoms with Crippen molar-refractivity contribution in [2.75, 3.05) is 20.3 Å². The first kappa shape index (κ1) is 19.9. The number of ether oxygens (including phenoxy) is 1. The van der Waals surface area contributed by atoms with Crippen molar-refractivity contribution in [1.82, 2.24) is 9.47 Å². The molecule has 1 aromatic heterocycles. The normalized spacial score (nSPS) is 11.1. The molecule has 152 valence electrons. The zero-order valence-electron chi connectivity index (χ0n) is 17.0. The molecule has 0 saturated heterocycles. The van der Waals surface area contributed by atoms with Crippen LogP contribution in [0.2, 0.25) is 0 Å². The third-order valence-electron chi connectivity index (χ3n) is 5.31. The number of para-hydroxylation sites is 2. The maximum Gasteiger partial charge on any atom is 0.242 e. The highest BCUT2D eigenvalue weighted by Gasteiger charge is 2.18. The Kier molecular flexibility index (Phi) is 5.91. The molecule has 5 heteroatoms. The molecule has 0 N–H and O–H groups in total. The molecule has 5 nitrogen and oxygen atoms in total. The van der Waals surface area contributed by atoms with Crippen LogP contribution in [0.15, 0.2) is 83.7 Å². The summed E-state index contributed by atoms with van der Waals surface area (Å²) in [5.41, 5.74) is 2.59. The lowest BCUT2D eigenvalue weighted by Crippen LogP contribution is -2.36. The molecule has 3 aromatic carbocycles. The Labute approximate surface area is 175 Å². The zero-order chi connectivity index (χ0) is 20.9. The van der Waals surface area contributed by atoms with E-state index in [2.05, 4.69) is 0 Å². The molecule has 0 radical (unpaired) electrons. The molecule has 1 amide bonds. The van der Waals surface area contributed by atoms with Crippen LogP contribution in [0.25, 0.3) is 21.8 Å². The number of fused-ring (bicyclic) bond motifs is 2. The smallest absolute Gasteiger partial charge is 0.242 e. The summed E-state index contributed by atoms with van der Waals surface area (Å²) in [6.07, 6.45) is 0. The van der Waals surface area contributed by atoms with Crippen LogP contribution in [0.1, 0.15) is 5.56 Å². The average molecular weight is 400 g/mol. The fourth-order valence-corrected chi connectivity index (χ4v) is 3.78. The number of benzene rings is 3. The predicted molar refractivity (Wildman–Crippen MR) is 119 cm³/mol. The molecule has 30 heavy (non-hydrogen) atoms. The summed E-state index contributed by atoms with van der Waals surface area (Å²) in [4.78, 5) is 28.1. The maximum atomic E-state index is 13.4. The second-order valence-electron chi connectivity index (χ2n) is 7.24. The molecule has 0 unspecified atom stereocenters. The molecule has 0 aliphatic heterocycles. The molecule has 4 aromatic rings. The van der Waals surface area contributed by atoms with E-state index in [1.807, 2.05) is 83.4 Å². The van der Waals surface area contributed by atoms with Crippen molar-refractivity contribution in [3.8, 4) is 0 Å². The van der Waals surface area contributed by atoms with Gasteiger partial charge in [0.1, 0.15) is 6.54 Å². The minimum absolute atomic E-state index is 0.00887. The standard InChI is InChI=1S/C25H24N2O3/c1-30-16-15-26(17-19-9-3-2-4-10-19)24(28)18-27-22-13-7-5-11-20(22)25(29)21-12-6-8-14-23(21)27/h2-14H,15-18H2,1H3. The highest BCUT2D eigenvalue weighted by Crippen LogP contribution is 2.19. The highest BCUT2D eigenvalue weighted by molar-refractivity contribution is 5.94. The number of hydrogen-bond donors (Lipinski definition) is 0. The van der Waals surface area contributed by atoms with Gasteiger partial charge in [-0.1, -0.05) is 54.6 Å². The number of hydrogen-bond acceptors (Lipinski definition) is 3. The second-order valence-corrected chi connectivity index (χ2v) is 7.24. The number of rotatable bonds is 7. The van der Waals surface area contributed by atoms with Crippen LogP contribution < -0.4 is 5.43 Å². The molecule has 4 rings (SSSR count). The summed E-state index contributed by atoms with van der Waals surface area (Å²) in [6.45, 7) is 1.63. The second kappa shape index (κ2) is 8.93. The number of amides is 1. The van der Waals surface area contributed by atoms with E-state index in [1.54, 1.807) is 12.0 Å². The lowest BCUT2D eigenvalue weighted by atomic mass is 10.1. The van der Waals surface area contributed by atoms with Gasteiger partial charge in [0, 0.05) is 31.0 Å². The number of pyridine rings is 1. The van der Waals surface area contributed by atoms with Gasteiger partial charge >= 0.3 is 0 Å². The van der Waals surface area contributed by atoms with Crippen LogP contribution in [0.4, 0.5) is 0 Å². The average Bonchev–Trinajstić information content (AvgIpc) is 2.80. The van der Waals surface area contributed by atoms with Crippen molar-refractivity contribution < 1.29 is 9.53 Å². The maximum absolute atomic E-state index is 13.4. The molecule has 0 spiro atoms. The van der Waals surface area contributed by atoms with Gasteiger partial charge in [0.25, 0.3) is 0 Å². The van der Waals surface area contributed by atoms with Crippen LogP contribution >= 0.6 is 0 Å². The Morgan fingerprint density at radius 1 is 0.867 bits per heavy atom. The minimum Gasteiger partial charge on any atom is -0.383 e. The van der Waals surface area contributed by atoms with Gasteiger partial charge in [0.15, 0.2) is 5.43 Å². The fraction of sp³-hybridized carbons (Fsp3) is 0.200. The van der Waals surface area contributed by atoms with Gasteiger partial charge in [-0.05, 0) is 29.8 Å². The molecule has 0 aliphatic rings. The Morgan fingerprint density at radius 2 is 1.43 bits per heavy atom. The van der Waals surface area contributed by atoms with E-state index in [0.717, 1.165) is 16.6 Å². The number of aromatic nitrogens is 1. The van der Waals surface area contributed by atoms with Crippen molar-refractivity contribution in [3.63, 3.8) is 0 Å². The van der Waals surface area contributed by atoms with Crippen LogP contribution in [0.3, 0.4) is 0 Å². The number of carbonyl (C=O) groups excluding carboxylic acids is 1. The summed E-state index contributed by atoms with van der Waals surface area (Å²) < 4.78 is 7.17. The van der Waals surface area contributed by atoms with Gasteiger partial charge in [0.05, 0.1) is 17.6 Å². The Morgan fingerprint density at radius 3 is 2.03 bits per heavy atom. The van der Waals surface area contributed by atoms with Crippen molar-refractivity contribution in [3.05, 3.63) is 94.6 Å². The largest absolute Gasteiger partial charge is 0.383 e. The molecular formula is C25H24N2O3. The number of nitrogens with zero attached hydrogens (tertiary/aromatic N) is 2. The molecule has 0 fully saturated rings. The summed E-state index contributed by atoms with van der Waals surface area (Å²) in [7, 11) is 1.63. The zero-order valence-corrected chi connectivity index (χ0v) is 17.0. The lowest BCUT2D eigenvalue weighted by molar-refractivity contribution is -0.133. The first-order valence-corrected chi connectivity index (χ1v) is 10.00. The summed E-state index contributed by atoms with van der Waals surface area (Å²) in [5, 5.41) is 1.24. The Balaban J connectivity index is 1.75. The van der Waals surface area contributed by atoms with Crippen LogP contribution in [0.5, 0.6) is 0 Å². The Hall–Kier alpha value is -3.44. The first-order valence-electron chi connectivity index (χ1n) is 10.00. The van der Waals surface area contributed by atoms with E-state index in [-0.39, 0.29) is 17.9 Å². The van der Waals surface area contributed by atoms with Gasteiger partial charge < -0.3 is 14.2 Å². The van der Waals surface area contributed by atoms with E-state index >= 15 is 0 Å². The van der Waals surface area contributed by atoms with E-state index in [1.165, 1.54) is 0 Å². The van der Waals surface area contributed by atoms with Crippen molar-refractivity contribution in [1.29, 1.82) is 0 Å². The van der Waals surface area contributed by atoms with E-state index < -0.39 is 0 Å². The number of methoxy groups -OCH3 is 1. The van der Waals surface area contributed by atoms with Gasteiger partial charge in [0.2, 0.25) is 5.91 Å². The summed E-state index contributed by atoms with van der Waals surface area (Å²) >= 11 is 0. The van der Waals surface area contributed by atoms with Crippen molar-refractivity contribution >= 4 is 27.7 Å². The molecular weight excluding hydrogens is 376 g/mol. The summed E-state index contributed by atoms with van der Waals surface area (Å²) in [6, 6.07) is 24.8. The number of carbonyl (C=O) groups is 1. The van der Waals surface area contributed by atoms with Gasteiger partial charge in [-0.3, -0.25) is 9.59 Å². The molecule has 0 aliphatic carbocycles. The van der Waals surface area contributed by atoms with Gasteiger partial charge in [-0.2, -0.15) is 0 Å². The third-order valence-corrected chi connectivity index (χ3v) is 5.31. The third kappa shape index (κ3) is 3.98.